The fourth-order valence-electron chi connectivity index (χ4n) is 2.96. The molecule has 2 nitrogen and oxygen atoms in total. The summed E-state index contributed by atoms with van der Waals surface area (Å²) in [4.78, 5) is 14.7. The molecule has 0 aliphatic carbocycles. The first-order valence-corrected chi connectivity index (χ1v) is 7.68. The second kappa shape index (κ2) is 6.42. The Kier molecular flexibility index (Phi) is 4.37. The van der Waals surface area contributed by atoms with Crippen LogP contribution in [0.1, 0.15) is 30.0 Å². The van der Waals surface area contributed by atoms with Gasteiger partial charge in [0.25, 0.3) is 0 Å². The molecule has 0 N–H and O–H groups in total. The molecule has 0 spiro atoms. The highest BCUT2D eigenvalue weighted by Gasteiger charge is 2.30. The third kappa shape index (κ3) is 3.34. The van der Waals surface area contributed by atoms with Gasteiger partial charge in [-0.25, -0.2) is 0 Å². The van der Waals surface area contributed by atoms with Gasteiger partial charge in [-0.15, -0.1) is 0 Å². The number of carbonyl (C=O) groups excluding carboxylic acids is 1. The highest BCUT2D eigenvalue weighted by atomic mass is 35.5. The zero-order valence-corrected chi connectivity index (χ0v) is 12.6. The van der Waals surface area contributed by atoms with Crippen LogP contribution in [0.3, 0.4) is 0 Å². The summed E-state index contributed by atoms with van der Waals surface area (Å²) < 4.78 is 0. The van der Waals surface area contributed by atoms with Crippen molar-refractivity contribution in [2.45, 2.75) is 25.4 Å². The van der Waals surface area contributed by atoms with E-state index >= 15 is 0 Å². The quantitative estimate of drug-likeness (QED) is 0.844. The van der Waals surface area contributed by atoms with Gasteiger partial charge in [0.05, 0.1) is 6.04 Å². The lowest BCUT2D eigenvalue weighted by Gasteiger charge is -2.35. The van der Waals surface area contributed by atoms with Crippen molar-refractivity contribution < 1.29 is 4.79 Å². The minimum absolute atomic E-state index is 0.142. The van der Waals surface area contributed by atoms with E-state index in [-0.39, 0.29) is 6.04 Å². The van der Waals surface area contributed by atoms with Crippen LogP contribution < -0.4 is 0 Å². The SMILES string of the molecule is O=C1CCCN(Cc2ccccc2)C1c1ccc(Cl)cc1. The molecule has 1 heterocycles. The number of piperidine rings is 1. The average Bonchev–Trinajstić information content (AvgIpc) is 2.50. The summed E-state index contributed by atoms with van der Waals surface area (Å²) in [6.07, 6.45) is 1.61. The van der Waals surface area contributed by atoms with Gasteiger partial charge in [0.1, 0.15) is 0 Å². The highest BCUT2D eigenvalue weighted by molar-refractivity contribution is 6.30. The normalized spacial score (nSPS) is 19.7. The predicted molar refractivity (Wildman–Crippen MR) is 85.3 cm³/mol. The Balaban J connectivity index is 1.86. The summed E-state index contributed by atoms with van der Waals surface area (Å²) in [6.45, 7) is 1.76. The molecule has 1 fully saturated rings. The standard InChI is InChI=1S/C18H18ClNO/c19-16-10-8-15(9-11-16)18-17(21)7-4-12-20(18)13-14-5-2-1-3-6-14/h1-3,5-6,8-11,18H,4,7,12-13H2. The molecule has 1 atom stereocenters. The van der Waals surface area contributed by atoms with Gasteiger partial charge in [-0.3, -0.25) is 9.69 Å². The zero-order chi connectivity index (χ0) is 14.7. The largest absolute Gasteiger partial charge is 0.298 e. The molecule has 0 saturated carbocycles. The molecule has 0 amide bonds. The lowest BCUT2D eigenvalue weighted by molar-refractivity contribution is -0.127. The van der Waals surface area contributed by atoms with Crippen LogP contribution in [-0.2, 0) is 11.3 Å². The summed E-state index contributed by atoms with van der Waals surface area (Å²) >= 11 is 5.95. The van der Waals surface area contributed by atoms with Gasteiger partial charge < -0.3 is 0 Å². The first kappa shape index (κ1) is 14.3. The second-order valence-electron chi connectivity index (χ2n) is 5.48. The number of benzene rings is 2. The third-order valence-electron chi connectivity index (χ3n) is 3.95. The molecule has 2 aromatic rings. The van der Waals surface area contributed by atoms with E-state index in [1.165, 1.54) is 5.56 Å². The van der Waals surface area contributed by atoms with E-state index < -0.39 is 0 Å². The first-order valence-electron chi connectivity index (χ1n) is 7.30. The van der Waals surface area contributed by atoms with Crippen LogP contribution >= 0.6 is 11.6 Å². The number of hydrogen-bond donors (Lipinski definition) is 0. The molecule has 0 bridgehead atoms. The number of ketones is 1. The van der Waals surface area contributed by atoms with Crippen molar-refractivity contribution in [2.75, 3.05) is 6.54 Å². The molecule has 1 unspecified atom stereocenters. The molecular formula is C18H18ClNO. The van der Waals surface area contributed by atoms with Crippen LogP contribution in [0.4, 0.5) is 0 Å². The topological polar surface area (TPSA) is 20.3 Å². The van der Waals surface area contributed by atoms with Gasteiger partial charge in [0.2, 0.25) is 0 Å². The van der Waals surface area contributed by atoms with Crippen molar-refractivity contribution in [3.05, 3.63) is 70.7 Å². The van der Waals surface area contributed by atoms with Crippen molar-refractivity contribution in [3.63, 3.8) is 0 Å². The van der Waals surface area contributed by atoms with Crippen LogP contribution in [-0.4, -0.2) is 17.2 Å². The maximum atomic E-state index is 12.4. The molecule has 1 aliphatic rings. The summed E-state index contributed by atoms with van der Waals surface area (Å²) in [5.74, 6) is 0.305. The Morgan fingerprint density at radius 2 is 1.76 bits per heavy atom. The van der Waals surface area contributed by atoms with Crippen molar-refractivity contribution in [1.82, 2.24) is 4.90 Å². The highest BCUT2D eigenvalue weighted by Crippen LogP contribution is 2.30. The van der Waals surface area contributed by atoms with E-state index in [0.29, 0.717) is 17.2 Å². The number of nitrogens with zero attached hydrogens (tertiary/aromatic N) is 1. The van der Waals surface area contributed by atoms with Gasteiger partial charge >= 0.3 is 0 Å². The molecule has 21 heavy (non-hydrogen) atoms. The number of likely N-dealkylation sites (tertiary alicyclic amines) is 1. The Morgan fingerprint density at radius 3 is 2.48 bits per heavy atom. The Labute approximate surface area is 130 Å². The van der Waals surface area contributed by atoms with Crippen molar-refractivity contribution in [2.24, 2.45) is 0 Å². The van der Waals surface area contributed by atoms with E-state index in [9.17, 15) is 4.79 Å². The fraction of sp³-hybridized carbons (Fsp3) is 0.278. The molecule has 0 aromatic heterocycles. The van der Waals surface area contributed by atoms with E-state index in [0.717, 1.165) is 25.1 Å². The molecule has 3 heteroatoms. The van der Waals surface area contributed by atoms with Gasteiger partial charge in [-0.2, -0.15) is 0 Å². The van der Waals surface area contributed by atoms with Crippen LogP contribution in [0.15, 0.2) is 54.6 Å². The maximum absolute atomic E-state index is 12.4. The Morgan fingerprint density at radius 1 is 1.05 bits per heavy atom. The van der Waals surface area contributed by atoms with E-state index in [4.69, 9.17) is 11.6 Å². The van der Waals surface area contributed by atoms with E-state index in [1.54, 1.807) is 0 Å². The molecule has 1 aliphatic heterocycles. The molecule has 1 saturated heterocycles. The Bertz CT molecular complexity index is 609. The monoisotopic (exact) mass is 299 g/mol. The summed E-state index contributed by atoms with van der Waals surface area (Å²) in [6, 6.07) is 17.8. The zero-order valence-electron chi connectivity index (χ0n) is 11.8. The third-order valence-corrected chi connectivity index (χ3v) is 4.20. The number of halogens is 1. The summed E-state index contributed by atoms with van der Waals surface area (Å²) in [5.41, 5.74) is 2.28. The molecule has 108 valence electrons. The first-order chi connectivity index (χ1) is 10.2. The minimum Gasteiger partial charge on any atom is -0.298 e. The van der Waals surface area contributed by atoms with Crippen molar-refractivity contribution >= 4 is 17.4 Å². The van der Waals surface area contributed by atoms with Crippen molar-refractivity contribution in [3.8, 4) is 0 Å². The summed E-state index contributed by atoms with van der Waals surface area (Å²) in [5, 5.41) is 0.705. The van der Waals surface area contributed by atoms with Gasteiger partial charge in [0, 0.05) is 18.0 Å². The lowest BCUT2D eigenvalue weighted by Crippen LogP contribution is -2.38. The fourth-order valence-corrected chi connectivity index (χ4v) is 3.08. The van der Waals surface area contributed by atoms with E-state index in [1.807, 2.05) is 42.5 Å². The van der Waals surface area contributed by atoms with Crippen LogP contribution in [0, 0.1) is 0 Å². The Hall–Kier alpha value is -1.64. The molecular weight excluding hydrogens is 282 g/mol. The molecule has 3 rings (SSSR count). The van der Waals surface area contributed by atoms with Crippen LogP contribution in [0.2, 0.25) is 5.02 Å². The summed E-state index contributed by atoms with van der Waals surface area (Å²) in [7, 11) is 0. The van der Waals surface area contributed by atoms with Gasteiger partial charge in [0.15, 0.2) is 5.78 Å². The number of hydrogen-bond acceptors (Lipinski definition) is 2. The van der Waals surface area contributed by atoms with Gasteiger partial charge in [-0.05, 0) is 36.2 Å². The van der Waals surface area contributed by atoms with Crippen LogP contribution in [0.25, 0.3) is 0 Å². The smallest absolute Gasteiger partial charge is 0.154 e. The number of rotatable bonds is 3. The molecule has 2 aromatic carbocycles. The minimum atomic E-state index is -0.142. The van der Waals surface area contributed by atoms with E-state index in [2.05, 4.69) is 17.0 Å². The average molecular weight is 300 g/mol. The molecule has 0 radical (unpaired) electrons. The second-order valence-corrected chi connectivity index (χ2v) is 5.92. The van der Waals surface area contributed by atoms with Crippen LogP contribution in [0.5, 0.6) is 0 Å². The maximum Gasteiger partial charge on any atom is 0.154 e. The van der Waals surface area contributed by atoms with Gasteiger partial charge in [-0.1, -0.05) is 54.1 Å². The number of Topliss-reactive ketones (excluding diaryl/α,β-unsaturated/α-hetero) is 1. The number of carbonyl (C=O) groups is 1. The lowest BCUT2D eigenvalue weighted by atomic mass is 9.93. The predicted octanol–water partition coefficient (Wildman–Crippen LogP) is 4.25. The van der Waals surface area contributed by atoms with Crippen molar-refractivity contribution in [1.29, 1.82) is 0 Å².